The Kier molecular flexibility index (Phi) is 49.5. The number of carbonyl (C=O) groups excluding carboxylic acids is 3. The van der Waals surface area contributed by atoms with E-state index in [2.05, 4.69) is 31.1 Å². The van der Waals surface area contributed by atoms with E-state index in [9.17, 15) is 24.3 Å². The number of aromatic nitrogens is 2. The average molecular weight is 1650 g/mol. The highest BCUT2D eigenvalue weighted by Crippen LogP contribution is 2.46. The van der Waals surface area contributed by atoms with Gasteiger partial charge in [-0.05, 0) is 90.6 Å². The van der Waals surface area contributed by atoms with Crippen LogP contribution in [0.3, 0.4) is 0 Å². The quantitative estimate of drug-likeness (QED) is 0.0157. The van der Waals surface area contributed by atoms with Crippen molar-refractivity contribution < 1.29 is 66.9 Å². The molecule has 18 heteroatoms. The molecule has 1 fully saturated rings. The fourth-order valence-corrected chi connectivity index (χ4v) is 16.2. The molecule has 1 aromatic heterocycles. The van der Waals surface area contributed by atoms with Gasteiger partial charge in [-0.2, -0.15) is 4.98 Å². The van der Waals surface area contributed by atoms with Crippen molar-refractivity contribution >= 4 is 23.7 Å². The molecule has 1 aliphatic heterocycles. The summed E-state index contributed by atoms with van der Waals surface area (Å²) in [6, 6.07) is 37.3. The third-order valence-electron chi connectivity index (χ3n) is 23.3. The zero-order valence-electron chi connectivity index (χ0n) is 74.0. The number of nitrogens with one attached hydrogen (secondary N) is 1. The maximum Gasteiger partial charge on any atom is 0.351 e. The zero-order valence-corrected chi connectivity index (χ0v) is 74.0. The molecule has 1 aliphatic rings. The van der Waals surface area contributed by atoms with Gasteiger partial charge < -0.3 is 57.8 Å². The monoisotopic (exact) mass is 1650 g/mol. The lowest BCUT2D eigenvalue weighted by Crippen LogP contribution is -2.55. The lowest BCUT2D eigenvalue weighted by molar-refractivity contribution is -0.264. The maximum atomic E-state index is 14.8. The second kappa shape index (κ2) is 59.9. The molecule has 0 bridgehead atoms. The van der Waals surface area contributed by atoms with Crippen LogP contribution in [0.15, 0.2) is 138 Å². The Bertz CT molecular complexity index is 3600. The molecule has 18 nitrogen and oxygen atoms in total. The second-order valence-corrected chi connectivity index (χ2v) is 32.9. The number of nitrogens with zero attached hydrogens (tertiary/aromatic N) is 2. The average Bonchev–Trinajstić information content (AvgIpc) is 1.70. The van der Waals surface area contributed by atoms with Gasteiger partial charge in [0.1, 0.15) is 22.9 Å². The number of benzene rings is 5. The number of methoxy groups -OCH3 is 3. The lowest BCUT2D eigenvalue weighted by Gasteiger charge is -2.38. The van der Waals surface area contributed by atoms with E-state index in [0.29, 0.717) is 70.8 Å². The Morgan fingerprint density at radius 3 is 1.18 bits per heavy atom. The number of hydrogen-bond acceptors (Lipinski definition) is 16. The van der Waals surface area contributed by atoms with Crippen molar-refractivity contribution in [3.05, 3.63) is 172 Å². The number of carbonyl (C=O) groups is 3. The number of hydrogen-bond donors (Lipinski definition) is 2. The van der Waals surface area contributed by atoms with Crippen molar-refractivity contribution in [1.29, 1.82) is 0 Å². The van der Waals surface area contributed by atoms with Crippen LogP contribution in [-0.2, 0) is 34.1 Å². The van der Waals surface area contributed by atoms with Gasteiger partial charge in [-0.3, -0.25) is 9.36 Å². The molecule has 0 spiro atoms. The van der Waals surface area contributed by atoms with Gasteiger partial charge in [0.15, 0.2) is 36.5 Å². The first-order valence-corrected chi connectivity index (χ1v) is 46.7. The van der Waals surface area contributed by atoms with Crippen LogP contribution in [0.2, 0.25) is 0 Å². The van der Waals surface area contributed by atoms with Crippen molar-refractivity contribution in [3.8, 4) is 28.7 Å². The normalized spacial score (nSPS) is 15.2. The number of unbranched alkanes of at least 4 members (excludes halogenated alkanes) is 45. The standard InChI is InChI=1S/C101H151N3O15/c1-7-10-13-16-19-22-25-28-31-34-37-40-43-46-49-58-75-113-89-78-83(79-90(114-76-59-50-47-44-41-38-35-32-29-26-23-20-17-14-11-8-2)94(89)115-77-60-51-48-45-42-39-36-33-30-27-24-21-18-15-12-9-3)98(107)116-81-93(105)119-101(109)91(118-97(95(101)112-6)104-74-73-92(103-99(104)108)102-96(106)82-61-54-52-55-62-82)80-117-100(84-63-56-53-57-64-84,85-65-69-87(110-4)70-66-85)86-67-71-88(111-5)72-68-86/h52-57,61-74,78-79,91,95,97,109H,7-51,58-60,75-77,80-81H2,1-6H3,(H,102,103,106,108)/t91-,95+,97-,101+/m1/s1. The van der Waals surface area contributed by atoms with E-state index >= 15 is 0 Å². The Morgan fingerprint density at radius 1 is 0.454 bits per heavy atom. The summed E-state index contributed by atoms with van der Waals surface area (Å²) in [7, 11) is 4.43. The molecule has 660 valence electrons. The van der Waals surface area contributed by atoms with Crippen molar-refractivity contribution in [3.63, 3.8) is 0 Å². The van der Waals surface area contributed by atoms with Crippen molar-refractivity contribution in [2.75, 3.05) is 59.7 Å². The topological polar surface area (TPSA) is 211 Å². The molecule has 1 amide bonds. The molecule has 6 aromatic rings. The van der Waals surface area contributed by atoms with Gasteiger partial charge in [0, 0.05) is 18.9 Å². The van der Waals surface area contributed by atoms with E-state index in [1.54, 1.807) is 56.7 Å². The van der Waals surface area contributed by atoms with Gasteiger partial charge >= 0.3 is 17.6 Å². The summed E-state index contributed by atoms with van der Waals surface area (Å²) in [6.07, 6.45) is 56.6. The number of ether oxygens (including phenoxy) is 10. The molecular weight excluding hydrogens is 1500 g/mol. The highest BCUT2D eigenvalue weighted by atomic mass is 16.7. The van der Waals surface area contributed by atoms with E-state index in [0.717, 1.165) is 62.4 Å². The van der Waals surface area contributed by atoms with E-state index < -0.39 is 66.6 Å². The molecule has 119 heavy (non-hydrogen) atoms. The molecule has 7 rings (SSSR count). The van der Waals surface area contributed by atoms with Gasteiger partial charge in [0.25, 0.3) is 11.7 Å². The lowest BCUT2D eigenvalue weighted by atomic mass is 9.80. The summed E-state index contributed by atoms with van der Waals surface area (Å²) < 4.78 is 64.5. The van der Waals surface area contributed by atoms with E-state index in [4.69, 9.17) is 47.4 Å². The summed E-state index contributed by atoms with van der Waals surface area (Å²) >= 11 is 0. The SMILES string of the molecule is CCCCCCCCCCCCCCCCCCOc1cc(C(=O)OCC(=O)O[C@@]2(O)[C@@H](COC(c3ccccc3)(c3ccc(OC)cc3)c3ccc(OC)cc3)O[C@@H](n3ccc(NC(=O)c4ccccc4)nc3=O)[C@@H]2OC)cc(OCCCCCCCCCCCCCCCCCC)c1OCCCCCCCCCCCCCCCCCC. The van der Waals surface area contributed by atoms with Crippen LogP contribution in [0, 0.1) is 0 Å². The van der Waals surface area contributed by atoms with Crippen LogP contribution >= 0.6 is 0 Å². The first kappa shape index (κ1) is 98.3. The van der Waals surface area contributed by atoms with Crippen LogP contribution < -0.4 is 34.7 Å². The largest absolute Gasteiger partial charge is 0.497 e. The minimum Gasteiger partial charge on any atom is -0.497 e. The first-order chi connectivity index (χ1) is 58.4. The van der Waals surface area contributed by atoms with Gasteiger partial charge in [-0.25, -0.2) is 14.4 Å². The van der Waals surface area contributed by atoms with E-state index in [-0.39, 0.29) is 11.4 Å². The fraction of sp³-hybridized carbons (Fsp3) is 0.634. The molecule has 2 N–H and O–H groups in total. The van der Waals surface area contributed by atoms with Gasteiger partial charge in [-0.1, -0.05) is 383 Å². The summed E-state index contributed by atoms with van der Waals surface area (Å²) in [6.45, 7) is 6.51. The number of aliphatic hydroxyl groups is 1. The fourth-order valence-electron chi connectivity index (χ4n) is 16.2. The summed E-state index contributed by atoms with van der Waals surface area (Å²) in [5, 5.41) is 16.0. The Balaban J connectivity index is 1.10. The number of anilines is 1. The van der Waals surface area contributed by atoms with Crippen LogP contribution in [0.25, 0.3) is 0 Å². The second-order valence-electron chi connectivity index (χ2n) is 32.9. The van der Waals surface area contributed by atoms with Gasteiger partial charge in [0.2, 0.25) is 5.75 Å². The Hall–Kier alpha value is -7.77. The molecule has 5 aromatic carbocycles. The number of amides is 1. The van der Waals surface area contributed by atoms with Crippen molar-refractivity contribution in [2.24, 2.45) is 0 Å². The molecule has 0 unspecified atom stereocenters. The number of rotatable bonds is 70. The number of esters is 2. The highest BCUT2D eigenvalue weighted by Gasteiger charge is 2.61. The first-order valence-electron chi connectivity index (χ1n) is 46.7. The van der Waals surface area contributed by atoms with Gasteiger partial charge in [-0.15, -0.1) is 0 Å². The van der Waals surface area contributed by atoms with Crippen LogP contribution in [0.1, 0.15) is 373 Å². The van der Waals surface area contributed by atoms with Gasteiger partial charge in [0.05, 0.1) is 46.2 Å². The predicted octanol–water partition coefficient (Wildman–Crippen LogP) is 25.4. The molecule has 1 saturated heterocycles. The molecule has 0 saturated carbocycles. The molecular formula is C101H151N3O15. The van der Waals surface area contributed by atoms with E-state index in [1.807, 2.05) is 78.9 Å². The third kappa shape index (κ3) is 35.7. The molecule has 0 aliphatic carbocycles. The summed E-state index contributed by atoms with van der Waals surface area (Å²) in [5.41, 5.74) is -0.0126. The smallest absolute Gasteiger partial charge is 0.351 e. The van der Waals surface area contributed by atoms with Crippen LogP contribution in [0.4, 0.5) is 5.82 Å². The maximum absolute atomic E-state index is 14.8. The Morgan fingerprint density at radius 2 is 0.815 bits per heavy atom. The molecule has 0 radical (unpaired) electrons. The highest BCUT2D eigenvalue weighted by molar-refractivity contribution is 6.03. The minimum absolute atomic E-state index is 0.0574. The summed E-state index contributed by atoms with van der Waals surface area (Å²) in [5.74, 6) is -3.09. The predicted molar refractivity (Wildman–Crippen MR) is 479 cm³/mol. The van der Waals surface area contributed by atoms with Crippen molar-refractivity contribution in [2.45, 2.75) is 359 Å². The van der Waals surface area contributed by atoms with Crippen LogP contribution in [-0.4, -0.2) is 105 Å². The summed E-state index contributed by atoms with van der Waals surface area (Å²) in [4.78, 5) is 61.3. The molecule has 4 atom stereocenters. The zero-order chi connectivity index (χ0) is 84.5. The minimum atomic E-state index is -2.78. The van der Waals surface area contributed by atoms with E-state index in [1.165, 1.54) is 270 Å². The van der Waals surface area contributed by atoms with Crippen molar-refractivity contribution in [1.82, 2.24) is 9.55 Å². The Labute approximate surface area is 715 Å². The third-order valence-corrected chi connectivity index (χ3v) is 23.3. The van der Waals surface area contributed by atoms with Crippen LogP contribution in [0.5, 0.6) is 28.7 Å². The molecule has 2 heterocycles.